The van der Waals surface area contributed by atoms with Crippen LogP contribution in [0.25, 0.3) is 0 Å². The lowest BCUT2D eigenvalue weighted by molar-refractivity contribution is -0.122. The first-order valence-corrected chi connectivity index (χ1v) is 8.22. The van der Waals surface area contributed by atoms with Crippen LogP contribution in [0.3, 0.4) is 0 Å². The molecule has 1 heterocycles. The van der Waals surface area contributed by atoms with Crippen LogP contribution in [-0.2, 0) is 4.79 Å². The van der Waals surface area contributed by atoms with Gasteiger partial charge in [0, 0.05) is 16.9 Å². The Labute approximate surface area is 129 Å². The van der Waals surface area contributed by atoms with E-state index in [1.807, 2.05) is 31.2 Å². The maximum atomic E-state index is 12.0. The molecule has 0 spiro atoms. The molecule has 1 aromatic rings. The van der Waals surface area contributed by atoms with E-state index >= 15 is 0 Å². The third-order valence-corrected chi connectivity index (χ3v) is 4.35. The molecule has 1 aromatic carbocycles. The largest absolute Gasteiger partial charge is 0.350 e. The second kappa shape index (κ2) is 7.79. The fourth-order valence-electron chi connectivity index (χ4n) is 2.65. The van der Waals surface area contributed by atoms with Gasteiger partial charge in [0.25, 0.3) is 0 Å². The van der Waals surface area contributed by atoms with E-state index in [2.05, 4.69) is 26.6 Å². The summed E-state index contributed by atoms with van der Waals surface area (Å²) in [5.74, 6) is 0.143. The minimum Gasteiger partial charge on any atom is -0.350 e. The summed E-state index contributed by atoms with van der Waals surface area (Å²) >= 11 is 3.46. The molecule has 0 saturated carbocycles. The highest BCUT2D eigenvalue weighted by Gasteiger charge is 2.15. The maximum Gasteiger partial charge on any atom is 0.220 e. The Morgan fingerprint density at radius 3 is 3.05 bits per heavy atom. The van der Waals surface area contributed by atoms with Gasteiger partial charge in [0.05, 0.1) is 6.04 Å². The monoisotopic (exact) mass is 338 g/mol. The Morgan fingerprint density at radius 2 is 2.35 bits per heavy atom. The number of rotatable bonds is 5. The molecule has 0 aromatic heterocycles. The Kier molecular flexibility index (Phi) is 6.05. The standard InChI is InChI=1S/C16H23BrN2O/c1-12(13-5-4-6-14(17)11-13)19-16(20)9-8-15-7-2-3-10-18-15/h4-6,11-12,15,18H,2-3,7-10H2,1H3,(H,19,20)/t12-,15?/m0/s1. The third kappa shape index (κ3) is 4.91. The van der Waals surface area contributed by atoms with Crippen molar-refractivity contribution in [2.24, 2.45) is 0 Å². The fourth-order valence-corrected chi connectivity index (χ4v) is 3.07. The van der Waals surface area contributed by atoms with Crippen LogP contribution < -0.4 is 10.6 Å². The van der Waals surface area contributed by atoms with Crippen LogP contribution in [0.1, 0.15) is 50.6 Å². The number of carbonyl (C=O) groups excluding carboxylic acids is 1. The second-order valence-electron chi connectivity index (χ2n) is 5.53. The smallest absolute Gasteiger partial charge is 0.220 e. The Balaban J connectivity index is 1.76. The van der Waals surface area contributed by atoms with Crippen molar-refractivity contribution in [2.75, 3.05) is 6.54 Å². The normalized spacial score (nSPS) is 20.4. The van der Waals surface area contributed by atoms with Crippen LogP contribution in [0.5, 0.6) is 0 Å². The summed E-state index contributed by atoms with van der Waals surface area (Å²) in [6.45, 7) is 3.12. The summed E-state index contributed by atoms with van der Waals surface area (Å²) in [5.41, 5.74) is 1.13. The molecule has 1 unspecified atom stereocenters. The van der Waals surface area contributed by atoms with E-state index < -0.39 is 0 Å². The van der Waals surface area contributed by atoms with Crippen molar-refractivity contribution in [3.63, 3.8) is 0 Å². The molecule has 2 atom stereocenters. The number of benzene rings is 1. The summed E-state index contributed by atoms with van der Waals surface area (Å²) in [7, 11) is 0. The highest BCUT2D eigenvalue weighted by molar-refractivity contribution is 9.10. The van der Waals surface area contributed by atoms with E-state index in [1.165, 1.54) is 19.3 Å². The number of amides is 1. The molecule has 0 radical (unpaired) electrons. The summed E-state index contributed by atoms with van der Waals surface area (Å²) in [6.07, 6.45) is 5.30. The molecule has 1 aliphatic rings. The van der Waals surface area contributed by atoms with Crippen molar-refractivity contribution in [1.29, 1.82) is 0 Å². The van der Waals surface area contributed by atoms with Gasteiger partial charge in [0.2, 0.25) is 5.91 Å². The van der Waals surface area contributed by atoms with Crippen molar-refractivity contribution < 1.29 is 4.79 Å². The van der Waals surface area contributed by atoms with Crippen molar-refractivity contribution in [2.45, 2.75) is 51.1 Å². The lowest BCUT2D eigenvalue weighted by atomic mass is 10.0. The molecule has 110 valence electrons. The summed E-state index contributed by atoms with van der Waals surface area (Å²) in [5, 5.41) is 6.56. The zero-order chi connectivity index (χ0) is 14.4. The zero-order valence-corrected chi connectivity index (χ0v) is 13.6. The number of nitrogens with one attached hydrogen (secondary N) is 2. The minimum absolute atomic E-state index is 0.0549. The van der Waals surface area contributed by atoms with Crippen LogP contribution in [0.4, 0.5) is 0 Å². The summed E-state index contributed by atoms with van der Waals surface area (Å²) in [4.78, 5) is 12.0. The zero-order valence-electron chi connectivity index (χ0n) is 12.0. The first-order valence-electron chi connectivity index (χ1n) is 7.43. The number of piperidine rings is 1. The van der Waals surface area contributed by atoms with E-state index in [1.54, 1.807) is 0 Å². The number of hydrogen-bond acceptors (Lipinski definition) is 2. The Morgan fingerprint density at radius 1 is 1.50 bits per heavy atom. The molecular formula is C16H23BrN2O. The number of hydrogen-bond donors (Lipinski definition) is 2. The van der Waals surface area contributed by atoms with Crippen LogP contribution in [0.15, 0.2) is 28.7 Å². The molecule has 4 heteroatoms. The summed E-state index contributed by atoms with van der Waals surface area (Å²) in [6, 6.07) is 8.65. The van der Waals surface area contributed by atoms with Crippen LogP contribution in [0.2, 0.25) is 0 Å². The molecule has 0 aliphatic carbocycles. The topological polar surface area (TPSA) is 41.1 Å². The van der Waals surface area contributed by atoms with Gasteiger partial charge in [-0.25, -0.2) is 0 Å². The van der Waals surface area contributed by atoms with Gasteiger partial charge in [-0.3, -0.25) is 4.79 Å². The summed E-state index contributed by atoms with van der Waals surface area (Å²) < 4.78 is 1.04. The Hall–Kier alpha value is -0.870. The molecule has 1 saturated heterocycles. The van der Waals surface area contributed by atoms with E-state index in [0.717, 1.165) is 23.0 Å². The lowest BCUT2D eigenvalue weighted by Crippen LogP contribution is -2.35. The van der Waals surface area contributed by atoms with Gasteiger partial charge in [0.1, 0.15) is 0 Å². The van der Waals surface area contributed by atoms with Gasteiger partial charge >= 0.3 is 0 Å². The average Bonchev–Trinajstić information content (AvgIpc) is 2.46. The molecule has 1 fully saturated rings. The second-order valence-corrected chi connectivity index (χ2v) is 6.45. The van der Waals surface area contributed by atoms with Gasteiger partial charge in [-0.1, -0.05) is 34.5 Å². The predicted molar refractivity (Wildman–Crippen MR) is 85.6 cm³/mol. The first-order chi connectivity index (χ1) is 9.65. The number of carbonyl (C=O) groups is 1. The SMILES string of the molecule is C[C@H](NC(=O)CCC1CCCCN1)c1cccc(Br)c1. The van der Waals surface area contributed by atoms with Gasteiger partial charge in [-0.2, -0.15) is 0 Å². The molecule has 2 rings (SSSR count). The quantitative estimate of drug-likeness (QED) is 0.861. The predicted octanol–water partition coefficient (Wildman–Crippen LogP) is 3.55. The average molecular weight is 339 g/mol. The molecule has 1 amide bonds. The minimum atomic E-state index is 0.0549. The van der Waals surface area contributed by atoms with Crippen molar-refractivity contribution in [3.05, 3.63) is 34.3 Å². The highest BCUT2D eigenvalue weighted by atomic mass is 79.9. The van der Waals surface area contributed by atoms with Gasteiger partial charge in [-0.15, -0.1) is 0 Å². The first kappa shape index (κ1) is 15.5. The molecule has 20 heavy (non-hydrogen) atoms. The van der Waals surface area contributed by atoms with E-state index in [-0.39, 0.29) is 11.9 Å². The molecule has 2 N–H and O–H groups in total. The van der Waals surface area contributed by atoms with Crippen LogP contribution >= 0.6 is 15.9 Å². The van der Waals surface area contributed by atoms with Crippen LogP contribution in [-0.4, -0.2) is 18.5 Å². The maximum absolute atomic E-state index is 12.0. The van der Waals surface area contributed by atoms with Crippen molar-refractivity contribution >= 4 is 21.8 Å². The van der Waals surface area contributed by atoms with Gasteiger partial charge in [0.15, 0.2) is 0 Å². The fraction of sp³-hybridized carbons (Fsp3) is 0.562. The number of halogens is 1. The molecular weight excluding hydrogens is 316 g/mol. The lowest BCUT2D eigenvalue weighted by Gasteiger charge is -2.23. The molecule has 0 bridgehead atoms. The highest BCUT2D eigenvalue weighted by Crippen LogP contribution is 2.18. The molecule has 1 aliphatic heterocycles. The van der Waals surface area contributed by atoms with E-state index in [0.29, 0.717) is 12.5 Å². The van der Waals surface area contributed by atoms with Crippen molar-refractivity contribution in [1.82, 2.24) is 10.6 Å². The molecule has 3 nitrogen and oxygen atoms in total. The van der Waals surface area contributed by atoms with Crippen LogP contribution in [0, 0.1) is 0 Å². The van der Waals surface area contributed by atoms with E-state index in [4.69, 9.17) is 0 Å². The van der Waals surface area contributed by atoms with E-state index in [9.17, 15) is 4.79 Å². The Bertz CT molecular complexity index is 444. The van der Waals surface area contributed by atoms with Gasteiger partial charge in [-0.05, 0) is 50.4 Å². The third-order valence-electron chi connectivity index (χ3n) is 3.86. The van der Waals surface area contributed by atoms with Crippen molar-refractivity contribution in [3.8, 4) is 0 Å². The van der Waals surface area contributed by atoms with Gasteiger partial charge < -0.3 is 10.6 Å².